The van der Waals surface area contributed by atoms with Gasteiger partial charge >= 0.3 is 5.97 Å². The fourth-order valence-corrected chi connectivity index (χ4v) is 4.45. The van der Waals surface area contributed by atoms with E-state index in [2.05, 4.69) is 16.0 Å². The Hall–Kier alpha value is -3.12. The molecular weight excluding hydrogens is 378 g/mol. The molecule has 4 N–H and O–H groups in total. The van der Waals surface area contributed by atoms with Crippen molar-refractivity contribution in [1.29, 1.82) is 0 Å². The molecule has 0 bridgehead atoms. The van der Waals surface area contributed by atoms with Crippen LogP contribution in [-0.4, -0.2) is 27.7 Å². The van der Waals surface area contributed by atoms with E-state index in [0.29, 0.717) is 30.2 Å². The van der Waals surface area contributed by atoms with Crippen molar-refractivity contribution in [2.45, 2.75) is 38.6 Å². The number of hydrogen-bond acceptors (Lipinski definition) is 4. The molecule has 154 valence electrons. The van der Waals surface area contributed by atoms with Crippen molar-refractivity contribution >= 4 is 5.97 Å². The van der Waals surface area contributed by atoms with Gasteiger partial charge in [0.2, 0.25) is 0 Å². The Morgan fingerprint density at radius 2 is 2.07 bits per heavy atom. The Bertz CT molecular complexity index is 1110. The Morgan fingerprint density at radius 3 is 2.73 bits per heavy atom. The molecule has 5 rings (SSSR count). The molecular formula is C24H25N3O3. The monoisotopic (exact) mass is 403 g/mol. The molecule has 30 heavy (non-hydrogen) atoms. The number of aromatic carboxylic acids is 1. The maximum absolute atomic E-state index is 12.1. The van der Waals surface area contributed by atoms with Gasteiger partial charge in [0, 0.05) is 29.1 Å². The number of carboxylic acids is 1. The number of carbonyl (C=O) groups is 1. The highest BCUT2D eigenvalue weighted by atomic mass is 16.5. The van der Waals surface area contributed by atoms with Crippen molar-refractivity contribution in [3.8, 4) is 28.3 Å². The van der Waals surface area contributed by atoms with E-state index in [9.17, 15) is 9.90 Å². The third-order valence-corrected chi connectivity index (χ3v) is 6.17. The van der Waals surface area contributed by atoms with Gasteiger partial charge in [-0.3, -0.25) is 4.98 Å². The molecule has 1 saturated carbocycles. The number of H-pyrrole nitrogens is 1. The molecule has 0 saturated heterocycles. The van der Waals surface area contributed by atoms with E-state index in [1.165, 1.54) is 0 Å². The Balaban J connectivity index is 1.58. The minimum Gasteiger partial charge on any atom is -0.494 e. The number of benzene rings is 1. The highest BCUT2D eigenvalue weighted by Crippen LogP contribution is 2.44. The van der Waals surface area contributed by atoms with Gasteiger partial charge < -0.3 is 20.6 Å². The number of aromatic amines is 1. The molecule has 1 fully saturated rings. The van der Waals surface area contributed by atoms with Crippen molar-refractivity contribution < 1.29 is 14.6 Å². The van der Waals surface area contributed by atoms with Gasteiger partial charge in [-0.05, 0) is 80.0 Å². The van der Waals surface area contributed by atoms with Gasteiger partial charge in [0.1, 0.15) is 5.75 Å². The van der Waals surface area contributed by atoms with Crippen LogP contribution in [0.15, 0.2) is 36.5 Å². The molecule has 0 aliphatic heterocycles. The highest BCUT2D eigenvalue weighted by Gasteiger charge is 2.36. The van der Waals surface area contributed by atoms with Crippen LogP contribution in [0.4, 0.5) is 0 Å². The second kappa shape index (κ2) is 7.29. The second-order valence-electron chi connectivity index (χ2n) is 8.12. The van der Waals surface area contributed by atoms with E-state index in [1.54, 1.807) is 0 Å². The van der Waals surface area contributed by atoms with Crippen LogP contribution in [0.3, 0.4) is 0 Å². The fraction of sp³-hybridized carbons (Fsp3) is 0.333. The Morgan fingerprint density at radius 1 is 1.30 bits per heavy atom. The minimum atomic E-state index is -0.900. The van der Waals surface area contributed by atoms with Gasteiger partial charge in [-0.15, -0.1) is 0 Å². The van der Waals surface area contributed by atoms with E-state index in [1.807, 2.05) is 37.4 Å². The van der Waals surface area contributed by atoms with Crippen LogP contribution in [-0.2, 0) is 12.8 Å². The lowest BCUT2D eigenvalue weighted by Crippen LogP contribution is -2.17. The summed E-state index contributed by atoms with van der Waals surface area (Å²) in [5.74, 6) is 0.304. The summed E-state index contributed by atoms with van der Waals surface area (Å²) in [5.41, 5.74) is 13.2. The summed E-state index contributed by atoms with van der Waals surface area (Å²) in [5, 5.41) is 9.91. The quantitative estimate of drug-likeness (QED) is 0.568. The zero-order valence-corrected chi connectivity index (χ0v) is 16.9. The number of nitrogens with zero attached hydrogens (tertiary/aromatic N) is 1. The first-order valence-corrected chi connectivity index (χ1v) is 10.5. The normalized spacial score (nSPS) is 15.9. The SMILES string of the molecule is CCOc1ccc(-c2cc3c(cn2)CCc2c-3[nH]c(C(N)C3CC3)c2C(=O)O)cc1. The number of nitrogens with one attached hydrogen (secondary N) is 1. The third kappa shape index (κ3) is 3.17. The summed E-state index contributed by atoms with van der Waals surface area (Å²) in [7, 11) is 0. The first kappa shape index (κ1) is 18.9. The van der Waals surface area contributed by atoms with Crippen molar-refractivity contribution in [2.24, 2.45) is 11.7 Å². The molecule has 2 aliphatic carbocycles. The Kier molecular flexibility index (Phi) is 4.59. The molecule has 0 amide bonds. The second-order valence-corrected chi connectivity index (χ2v) is 8.12. The molecule has 0 radical (unpaired) electrons. The minimum absolute atomic E-state index is 0.252. The van der Waals surface area contributed by atoms with E-state index in [0.717, 1.165) is 58.7 Å². The number of carboxylic acid groups (broad SMARTS) is 1. The lowest BCUT2D eigenvalue weighted by Gasteiger charge is -2.17. The number of aryl methyl sites for hydroxylation is 1. The van der Waals surface area contributed by atoms with Crippen LogP contribution < -0.4 is 10.5 Å². The summed E-state index contributed by atoms with van der Waals surface area (Å²) in [6.45, 7) is 2.59. The molecule has 1 atom stereocenters. The first-order valence-electron chi connectivity index (χ1n) is 10.5. The number of ether oxygens (including phenoxy) is 1. The Labute approximate surface area is 175 Å². The van der Waals surface area contributed by atoms with Gasteiger partial charge in [-0.25, -0.2) is 4.79 Å². The molecule has 1 aromatic carbocycles. The smallest absolute Gasteiger partial charge is 0.337 e. The average molecular weight is 403 g/mol. The van der Waals surface area contributed by atoms with Crippen LogP contribution >= 0.6 is 0 Å². The number of aromatic nitrogens is 2. The number of nitrogens with two attached hydrogens (primary N) is 1. The lowest BCUT2D eigenvalue weighted by atomic mass is 9.88. The average Bonchev–Trinajstić information content (AvgIpc) is 3.52. The molecule has 6 heteroatoms. The van der Waals surface area contributed by atoms with Gasteiger partial charge in [-0.1, -0.05) is 0 Å². The van der Waals surface area contributed by atoms with E-state index >= 15 is 0 Å². The van der Waals surface area contributed by atoms with Gasteiger partial charge in [-0.2, -0.15) is 0 Å². The zero-order chi connectivity index (χ0) is 20.8. The van der Waals surface area contributed by atoms with Crippen molar-refractivity contribution in [3.63, 3.8) is 0 Å². The summed E-state index contributed by atoms with van der Waals surface area (Å²) < 4.78 is 5.53. The maximum atomic E-state index is 12.1. The van der Waals surface area contributed by atoms with Crippen molar-refractivity contribution in [1.82, 2.24) is 9.97 Å². The van der Waals surface area contributed by atoms with Gasteiger partial charge in [0.05, 0.1) is 23.6 Å². The molecule has 3 aromatic rings. The summed E-state index contributed by atoms with van der Waals surface area (Å²) in [4.78, 5) is 20.2. The molecule has 2 aliphatic rings. The molecule has 6 nitrogen and oxygen atoms in total. The zero-order valence-electron chi connectivity index (χ0n) is 16.9. The standard InChI is InChI=1S/C24H25N3O3/c1-2-30-16-8-5-13(6-9-16)19-11-18-15(12-26-19)7-10-17-20(24(28)29)23(27-22(17)18)21(25)14-3-4-14/h5-6,8-9,11-12,14,21,27H,2-4,7,10,25H2,1H3,(H,28,29). The van der Waals surface area contributed by atoms with Crippen LogP contribution in [0.1, 0.15) is 53.0 Å². The molecule has 2 heterocycles. The topological polar surface area (TPSA) is 101 Å². The predicted molar refractivity (Wildman–Crippen MR) is 115 cm³/mol. The number of pyridine rings is 1. The largest absolute Gasteiger partial charge is 0.494 e. The summed E-state index contributed by atoms with van der Waals surface area (Å²) in [6.07, 6.45) is 5.49. The lowest BCUT2D eigenvalue weighted by molar-refractivity contribution is 0.0694. The fourth-order valence-electron chi connectivity index (χ4n) is 4.45. The maximum Gasteiger partial charge on any atom is 0.337 e. The van der Waals surface area contributed by atoms with E-state index in [-0.39, 0.29) is 6.04 Å². The van der Waals surface area contributed by atoms with Crippen molar-refractivity contribution in [2.75, 3.05) is 6.61 Å². The van der Waals surface area contributed by atoms with Crippen LogP contribution in [0.2, 0.25) is 0 Å². The molecule has 2 aromatic heterocycles. The molecule has 0 spiro atoms. The predicted octanol–water partition coefficient (Wildman–Crippen LogP) is 4.35. The van der Waals surface area contributed by atoms with Crippen LogP contribution in [0.5, 0.6) is 5.75 Å². The van der Waals surface area contributed by atoms with Crippen molar-refractivity contribution in [3.05, 3.63) is 58.9 Å². The van der Waals surface area contributed by atoms with E-state index < -0.39 is 5.97 Å². The molecule has 1 unspecified atom stereocenters. The summed E-state index contributed by atoms with van der Waals surface area (Å²) >= 11 is 0. The van der Waals surface area contributed by atoms with E-state index in [4.69, 9.17) is 10.5 Å². The van der Waals surface area contributed by atoms with Gasteiger partial charge in [0.25, 0.3) is 0 Å². The number of rotatable bonds is 6. The first-order chi connectivity index (χ1) is 14.6. The van der Waals surface area contributed by atoms with Gasteiger partial charge in [0.15, 0.2) is 0 Å². The van der Waals surface area contributed by atoms with Crippen LogP contribution in [0, 0.1) is 5.92 Å². The summed E-state index contributed by atoms with van der Waals surface area (Å²) in [6, 6.07) is 9.67. The number of fused-ring (bicyclic) bond motifs is 3. The highest BCUT2D eigenvalue weighted by molar-refractivity contribution is 5.95. The number of hydrogen-bond donors (Lipinski definition) is 3. The van der Waals surface area contributed by atoms with Crippen LogP contribution in [0.25, 0.3) is 22.5 Å². The third-order valence-electron chi connectivity index (χ3n) is 6.17.